The largest absolute Gasteiger partial charge is 0.398 e. The van der Waals surface area contributed by atoms with Crippen LogP contribution in [0.25, 0.3) is 0 Å². The second kappa shape index (κ2) is 7.09. The predicted molar refractivity (Wildman–Crippen MR) is 74.3 cm³/mol. The molecule has 0 aliphatic rings. The van der Waals surface area contributed by atoms with Gasteiger partial charge in [0.2, 0.25) is 0 Å². The maximum atomic E-state index is 13.1. The van der Waals surface area contributed by atoms with Gasteiger partial charge < -0.3 is 10.6 Å². The lowest BCUT2D eigenvalue weighted by molar-refractivity contribution is 0.324. The van der Waals surface area contributed by atoms with E-state index in [9.17, 15) is 4.39 Å². The molecule has 0 heterocycles. The van der Waals surface area contributed by atoms with Gasteiger partial charge in [0.25, 0.3) is 0 Å². The standard InChI is InChI=1S/C12H18ClFN2S/c1-3-16(4-2)5-6-17-12-7-9(13)10(14)8-11(12)15/h7-8H,3-6,15H2,1-2H3. The minimum Gasteiger partial charge on any atom is -0.398 e. The van der Waals surface area contributed by atoms with E-state index >= 15 is 0 Å². The lowest BCUT2D eigenvalue weighted by Crippen LogP contribution is -2.25. The summed E-state index contributed by atoms with van der Waals surface area (Å²) in [5, 5.41) is 0.129. The first-order valence-electron chi connectivity index (χ1n) is 5.68. The Bertz CT molecular complexity index is 370. The van der Waals surface area contributed by atoms with Gasteiger partial charge in [0.15, 0.2) is 0 Å². The molecule has 1 aromatic rings. The van der Waals surface area contributed by atoms with Crippen LogP contribution < -0.4 is 5.73 Å². The van der Waals surface area contributed by atoms with Gasteiger partial charge in [-0.1, -0.05) is 25.4 Å². The zero-order valence-electron chi connectivity index (χ0n) is 10.2. The Kier molecular flexibility index (Phi) is 6.09. The Labute approximate surface area is 111 Å². The summed E-state index contributed by atoms with van der Waals surface area (Å²) in [5.41, 5.74) is 6.19. The van der Waals surface area contributed by atoms with Crippen molar-refractivity contribution in [2.75, 3.05) is 31.1 Å². The molecule has 1 rings (SSSR count). The molecule has 0 atom stereocenters. The molecule has 0 aliphatic carbocycles. The van der Waals surface area contributed by atoms with Gasteiger partial charge in [-0.15, -0.1) is 11.8 Å². The maximum absolute atomic E-state index is 13.1. The van der Waals surface area contributed by atoms with E-state index in [1.165, 1.54) is 6.07 Å². The maximum Gasteiger partial charge on any atom is 0.143 e. The van der Waals surface area contributed by atoms with E-state index in [4.69, 9.17) is 17.3 Å². The van der Waals surface area contributed by atoms with Crippen molar-refractivity contribution in [3.63, 3.8) is 0 Å². The Morgan fingerprint density at radius 3 is 2.59 bits per heavy atom. The van der Waals surface area contributed by atoms with Crippen LogP contribution in [-0.4, -0.2) is 30.3 Å². The van der Waals surface area contributed by atoms with Gasteiger partial charge in [0.1, 0.15) is 5.82 Å². The van der Waals surface area contributed by atoms with Crippen LogP contribution in [0.15, 0.2) is 17.0 Å². The number of hydrogen-bond acceptors (Lipinski definition) is 3. The highest BCUT2D eigenvalue weighted by Gasteiger charge is 2.07. The molecule has 1 aromatic carbocycles. The van der Waals surface area contributed by atoms with E-state index < -0.39 is 5.82 Å². The van der Waals surface area contributed by atoms with E-state index in [2.05, 4.69) is 18.7 Å². The van der Waals surface area contributed by atoms with E-state index in [-0.39, 0.29) is 5.02 Å². The normalized spacial score (nSPS) is 11.1. The second-order valence-electron chi connectivity index (χ2n) is 3.68. The fourth-order valence-electron chi connectivity index (χ4n) is 1.49. The molecule has 0 amide bonds. The average molecular weight is 277 g/mol. The van der Waals surface area contributed by atoms with E-state index in [1.54, 1.807) is 17.8 Å². The molecule has 5 heteroatoms. The Balaban J connectivity index is 2.55. The fraction of sp³-hybridized carbons (Fsp3) is 0.500. The highest BCUT2D eigenvalue weighted by atomic mass is 35.5. The van der Waals surface area contributed by atoms with Crippen molar-refractivity contribution in [1.29, 1.82) is 0 Å². The lowest BCUT2D eigenvalue weighted by Gasteiger charge is -2.17. The lowest BCUT2D eigenvalue weighted by atomic mass is 10.3. The molecular formula is C12H18ClFN2S. The third-order valence-electron chi connectivity index (χ3n) is 2.61. The molecule has 0 radical (unpaired) electrons. The highest BCUT2D eigenvalue weighted by molar-refractivity contribution is 7.99. The van der Waals surface area contributed by atoms with Crippen LogP contribution in [0.2, 0.25) is 5.02 Å². The average Bonchev–Trinajstić information content (AvgIpc) is 2.31. The summed E-state index contributed by atoms with van der Waals surface area (Å²) in [6.07, 6.45) is 0. The molecule has 17 heavy (non-hydrogen) atoms. The van der Waals surface area contributed by atoms with Crippen molar-refractivity contribution in [3.8, 4) is 0 Å². The van der Waals surface area contributed by atoms with Crippen molar-refractivity contribution in [3.05, 3.63) is 23.0 Å². The van der Waals surface area contributed by atoms with Gasteiger partial charge in [0, 0.05) is 22.9 Å². The number of nitrogens with zero attached hydrogens (tertiary/aromatic N) is 1. The molecule has 2 N–H and O–H groups in total. The summed E-state index contributed by atoms with van der Waals surface area (Å²) in [5.74, 6) is 0.464. The summed E-state index contributed by atoms with van der Waals surface area (Å²) < 4.78 is 13.1. The predicted octanol–water partition coefficient (Wildman–Crippen LogP) is 3.50. The van der Waals surface area contributed by atoms with Crippen molar-refractivity contribution >= 4 is 29.1 Å². The molecular weight excluding hydrogens is 259 g/mol. The van der Waals surface area contributed by atoms with E-state index in [0.717, 1.165) is 30.3 Å². The fourth-order valence-corrected chi connectivity index (χ4v) is 2.72. The molecule has 0 saturated heterocycles. The number of rotatable bonds is 6. The molecule has 2 nitrogen and oxygen atoms in total. The first kappa shape index (κ1) is 14.6. The quantitative estimate of drug-likeness (QED) is 0.637. The summed E-state index contributed by atoms with van der Waals surface area (Å²) >= 11 is 7.34. The van der Waals surface area contributed by atoms with Crippen LogP contribution in [0.5, 0.6) is 0 Å². The third kappa shape index (κ3) is 4.37. The van der Waals surface area contributed by atoms with Crippen LogP contribution in [0.3, 0.4) is 0 Å². The van der Waals surface area contributed by atoms with Crippen LogP contribution in [0.4, 0.5) is 10.1 Å². The van der Waals surface area contributed by atoms with Gasteiger partial charge >= 0.3 is 0 Å². The summed E-state index contributed by atoms with van der Waals surface area (Å²) in [6, 6.07) is 2.88. The Morgan fingerprint density at radius 1 is 1.35 bits per heavy atom. The van der Waals surface area contributed by atoms with Crippen molar-refractivity contribution in [1.82, 2.24) is 4.90 Å². The summed E-state index contributed by atoms with van der Waals surface area (Å²) in [6.45, 7) is 7.34. The molecule has 96 valence electrons. The minimum absolute atomic E-state index is 0.129. The molecule has 0 aliphatic heterocycles. The van der Waals surface area contributed by atoms with Gasteiger partial charge in [-0.05, 0) is 25.2 Å². The first-order valence-corrected chi connectivity index (χ1v) is 7.04. The number of nitrogens with two attached hydrogens (primary N) is 1. The number of nitrogen functional groups attached to an aromatic ring is 1. The van der Waals surface area contributed by atoms with Crippen molar-refractivity contribution in [2.24, 2.45) is 0 Å². The van der Waals surface area contributed by atoms with Gasteiger partial charge in [-0.25, -0.2) is 4.39 Å². The SMILES string of the molecule is CCN(CC)CCSc1cc(Cl)c(F)cc1N. The van der Waals surface area contributed by atoms with Gasteiger partial charge in [-0.2, -0.15) is 0 Å². The third-order valence-corrected chi connectivity index (χ3v) is 3.95. The molecule has 0 unspecified atom stereocenters. The smallest absolute Gasteiger partial charge is 0.143 e. The number of benzene rings is 1. The highest BCUT2D eigenvalue weighted by Crippen LogP contribution is 2.30. The molecule has 0 saturated carbocycles. The Hall–Kier alpha value is -0.450. The zero-order valence-corrected chi connectivity index (χ0v) is 11.7. The second-order valence-corrected chi connectivity index (χ2v) is 5.22. The monoisotopic (exact) mass is 276 g/mol. The molecule has 0 aromatic heterocycles. The van der Waals surface area contributed by atoms with Gasteiger partial charge in [-0.3, -0.25) is 0 Å². The van der Waals surface area contributed by atoms with Crippen LogP contribution in [0.1, 0.15) is 13.8 Å². The molecule has 0 spiro atoms. The van der Waals surface area contributed by atoms with Crippen molar-refractivity contribution in [2.45, 2.75) is 18.7 Å². The minimum atomic E-state index is -0.461. The van der Waals surface area contributed by atoms with Crippen LogP contribution in [0, 0.1) is 5.82 Å². The van der Waals surface area contributed by atoms with Crippen LogP contribution >= 0.6 is 23.4 Å². The summed E-state index contributed by atoms with van der Waals surface area (Å²) in [4.78, 5) is 3.18. The van der Waals surface area contributed by atoms with Crippen LogP contribution in [-0.2, 0) is 0 Å². The van der Waals surface area contributed by atoms with Gasteiger partial charge in [0.05, 0.1) is 5.02 Å². The zero-order chi connectivity index (χ0) is 12.8. The van der Waals surface area contributed by atoms with Crippen molar-refractivity contribution < 1.29 is 4.39 Å². The number of anilines is 1. The number of hydrogen-bond donors (Lipinski definition) is 1. The topological polar surface area (TPSA) is 29.3 Å². The van der Waals surface area contributed by atoms with E-state index in [1.807, 2.05) is 0 Å². The van der Waals surface area contributed by atoms with E-state index in [0.29, 0.717) is 5.69 Å². The Morgan fingerprint density at radius 2 is 2.00 bits per heavy atom. The molecule has 0 fully saturated rings. The number of thioether (sulfide) groups is 1. The number of halogens is 2. The summed E-state index contributed by atoms with van der Waals surface area (Å²) in [7, 11) is 0. The first-order chi connectivity index (χ1) is 8.08. The molecule has 0 bridgehead atoms.